The minimum absolute atomic E-state index is 0.0146. The third-order valence-corrected chi connectivity index (χ3v) is 8.61. The largest absolute Gasteiger partial charge is 0.505 e. The van der Waals surface area contributed by atoms with Gasteiger partial charge in [0.1, 0.15) is 28.6 Å². The molecule has 0 aliphatic carbocycles. The first-order chi connectivity index (χ1) is 21.2. The number of Topliss-reactive ketones (excluding diaryl/α,β-unsaturated/α-hetero) is 1. The van der Waals surface area contributed by atoms with Gasteiger partial charge in [0.05, 0.1) is 29.6 Å². The van der Waals surface area contributed by atoms with Crippen molar-refractivity contribution in [2.45, 2.75) is 53.0 Å². The lowest BCUT2D eigenvalue weighted by Crippen LogP contribution is -2.29. The van der Waals surface area contributed by atoms with Crippen LogP contribution < -0.4 is 9.64 Å². The Morgan fingerprint density at radius 2 is 1.86 bits per heavy atom. The summed E-state index contributed by atoms with van der Waals surface area (Å²) in [5.74, 6) is -2.13. The standard InChI is InChI=1S/C33H34N4O6S/c1-6-8-9-18-42-23-14-12-22(13-15-23)26-24(27(38)25-21(5)36-16-10-11-19(3)30(36)35-25)28(39)31(40)37(26)33-34-20(4)29(44-33)32(41)43-17-7-2/h7,10-16,26,38H,2,6,8-9,17-18H2,1,3-5H3/b27-24+. The highest BCUT2D eigenvalue weighted by molar-refractivity contribution is 7.17. The van der Waals surface area contributed by atoms with Crippen LogP contribution >= 0.6 is 11.3 Å². The van der Waals surface area contributed by atoms with Gasteiger partial charge in [-0.15, -0.1) is 0 Å². The number of esters is 1. The van der Waals surface area contributed by atoms with Crippen molar-refractivity contribution in [3.05, 3.63) is 93.9 Å². The minimum Gasteiger partial charge on any atom is -0.505 e. The molecule has 1 aromatic carbocycles. The number of aliphatic hydroxyl groups is 1. The average Bonchev–Trinajstić information content (AvgIpc) is 3.65. The van der Waals surface area contributed by atoms with E-state index in [0.29, 0.717) is 35.0 Å². The quantitative estimate of drug-likeness (QED) is 0.0525. The second-order valence-electron chi connectivity index (χ2n) is 10.5. The molecule has 1 N–H and O–H groups in total. The second kappa shape index (κ2) is 12.8. The molecule has 1 atom stereocenters. The van der Waals surface area contributed by atoms with Gasteiger partial charge >= 0.3 is 11.9 Å². The van der Waals surface area contributed by atoms with Crippen molar-refractivity contribution in [1.29, 1.82) is 0 Å². The first-order valence-corrected chi connectivity index (χ1v) is 15.2. The summed E-state index contributed by atoms with van der Waals surface area (Å²) in [6.07, 6.45) is 6.34. The highest BCUT2D eigenvalue weighted by Gasteiger charge is 2.49. The van der Waals surface area contributed by atoms with Gasteiger partial charge in [-0.1, -0.05) is 62.0 Å². The molecule has 0 saturated carbocycles. The molecule has 1 unspecified atom stereocenters. The van der Waals surface area contributed by atoms with E-state index in [-0.39, 0.29) is 27.9 Å². The summed E-state index contributed by atoms with van der Waals surface area (Å²) in [6, 6.07) is 9.78. The summed E-state index contributed by atoms with van der Waals surface area (Å²) < 4.78 is 12.9. The topological polar surface area (TPSA) is 123 Å². The Bertz CT molecular complexity index is 1790. The molecule has 44 heavy (non-hydrogen) atoms. The number of aryl methyl sites for hydroxylation is 3. The number of thiazole rings is 1. The Labute approximate surface area is 259 Å². The summed E-state index contributed by atoms with van der Waals surface area (Å²) in [5.41, 5.74) is 3.09. The van der Waals surface area contributed by atoms with Crippen LogP contribution in [0.1, 0.15) is 70.1 Å². The number of rotatable bonds is 11. The Hall–Kier alpha value is -4.77. The number of imidazole rings is 1. The van der Waals surface area contributed by atoms with Crippen LogP contribution in [0.15, 0.2) is 60.8 Å². The number of benzene rings is 1. The zero-order chi connectivity index (χ0) is 31.5. The second-order valence-corrected chi connectivity index (χ2v) is 11.5. The number of hydrogen-bond donors (Lipinski definition) is 1. The van der Waals surface area contributed by atoms with E-state index in [4.69, 9.17) is 9.47 Å². The van der Waals surface area contributed by atoms with Gasteiger partial charge in [0.15, 0.2) is 10.9 Å². The predicted molar refractivity (Wildman–Crippen MR) is 168 cm³/mol. The number of anilines is 1. The lowest BCUT2D eigenvalue weighted by atomic mass is 9.96. The van der Waals surface area contributed by atoms with Crippen molar-refractivity contribution < 1.29 is 29.0 Å². The molecule has 11 heteroatoms. The number of pyridine rings is 1. The van der Waals surface area contributed by atoms with Crippen molar-refractivity contribution in [3.8, 4) is 5.75 Å². The molecule has 10 nitrogen and oxygen atoms in total. The van der Waals surface area contributed by atoms with Crippen LogP contribution in [-0.4, -0.2) is 50.3 Å². The summed E-state index contributed by atoms with van der Waals surface area (Å²) in [6.45, 7) is 11.6. The van der Waals surface area contributed by atoms with Crippen molar-refractivity contribution in [2.75, 3.05) is 18.1 Å². The number of aliphatic hydroxyl groups excluding tert-OH is 1. The number of ether oxygens (including phenoxy) is 2. The van der Waals surface area contributed by atoms with Gasteiger partial charge in [-0.25, -0.2) is 14.8 Å². The number of nitrogens with zero attached hydrogens (tertiary/aromatic N) is 4. The van der Waals surface area contributed by atoms with Gasteiger partial charge in [-0.3, -0.25) is 14.5 Å². The lowest BCUT2D eigenvalue weighted by molar-refractivity contribution is -0.132. The maximum atomic E-state index is 13.7. The summed E-state index contributed by atoms with van der Waals surface area (Å²) in [7, 11) is 0. The maximum Gasteiger partial charge on any atom is 0.350 e. The molecule has 4 heterocycles. The fourth-order valence-corrected chi connectivity index (χ4v) is 6.17. The number of ketones is 1. The van der Waals surface area contributed by atoms with E-state index in [1.54, 1.807) is 38.1 Å². The van der Waals surface area contributed by atoms with Crippen molar-refractivity contribution in [2.24, 2.45) is 0 Å². The minimum atomic E-state index is -1.04. The molecule has 1 aliphatic rings. The molecule has 0 spiro atoms. The van der Waals surface area contributed by atoms with Gasteiger partial charge in [0.25, 0.3) is 5.78 Å². The number of carbonyl (C=O) groups is 3. The number of hydrogen-bond acceptors (Lipinski definition) is 9. The molecule has 1 amide bonds. The first kappa shape index (κ1) is 30.7. The van der Waals surface area contributed by atoms with Gasteiger partial charge in [-0.05, 0) is 56.5 Å². The number of carbonyl (C=O) groups excluding carboxylic acids is 3. The third-order valence-electron chi connectivity index (χ3n) is 7.47. The Balaban J connectivity index is 1.63. The average molecular weight is 615 g/mol. The number of unbranched alkanes of at least 4 members (excludes halogenated alkanes) is 2. The summed E-state index contributed by atoms with van der Waals surface area (Å²) in [5, 5.41) is 11.8. The highest BCUT2D eigenvalue weighted by Crippen LogP contribution is 2.44. The van der Waals surface area contributed by atoms with Crippen molar-refractivity contribution in [1.82, 2.24) is 14.4 Å². The molecule has 5 rings (SSSR count). The van der Waals surface area contributed by atoms with Crippen LogP contribution in [0.3, 0.4) is 0 Å². The molecular formula is C33H34N4O6S. The Morgan fingerprint density at radius 3 is 2.55 bits per heavy atom. The van der Waals surface area contributed by atoms with E-state index < -0.39 is 29.5 Å². The van der Waals surface area contributed by atoms with Gasteiger partial charge in [0.2, 0.25) is 0 Å². The van der Waals surface area contributed by atoms with Gasteiger partial charge < -0.3 is 19.0 Å². The summed E-state index contributed by atoms with van der Waals surface area (Å²) >= 11 is 0.941. The smallest absolute Gasteiger partial charge is 0.350 e. The van der Waals surface area contributed by atoms with Crippen LogP contribution in [0.5, 0.6) is 5.75 Å². The van der Waals surface area contributed by atoms with Gasteiger partial charge in [0, 0.05) is 6.20 Å². The zero-order valence-corrected chi connectivity index (χ0v) is 25.9. The SMILES string of the molecule is C=CCOC(=O)c1sc(N2C(=O)C(=O)/C(=C(/O)c3nc4c(C)cccn4c3C)C2c2ccc(OCCCCC)cc2)nc1C. The van der Waals surface area contributed by atoms with Gasteiger partial charge in [-0.2, -0.15) is 0 Å². The molecule has 1 aliphatic heterocycles. The van der Waals surface area contributed by atoms with Crippen LogP contribution in [0.4, 0.5) is 5.13 Å². The fraction of sp³-hybridized carbons (Fsp3) is 0.303. The molecule has 4 aromatic rings. The van der Waals surface area contributed by atoms with Crippen LogP contribution in [0, 0.1) is 20.8 Å². The molecule has 228 valence electrons. The molecule has 0 radical (unpaired) electrons. The number of fused-ring (bicyclic) bond motifs is 1. The van der Waals surface area contributed by atoms with Crippen LogP contribution in [-0.2, 0) is 14.3 Å². The first-order valence-electron chi connectivity index (χ1n) is 14.4. The summed E-state index contributed by atoms with van der Waals surface area (Å²) in [4.78, 5) is 50.7. The van der Waals surface area contributed by atoms with E-state index in [0.717, 1.165) is 36.2 Å². The zero-order valence-electron chi connectivity index (χ0n) is 25.1. The molecule has 1 fully saturated rings. The lowest BCUT2D eigenvalue weighted by Gasteiger charge is -2.23. The molecule has 1 saturated heterocycles. The number of amides is 1. The van der Waals surface area contributed by atoms with E-state index in [2.05, 4.69) is 23.5 Å². The van der Waals surface area contributed by atoms with E-state index in [1.807, 2.05) is 29.7 Å². The normalized spacial score (nSPS) is 16.1. The molecular weight excluding hydrogens is 580 g/mol. The molecule has 3 aromatic heterocycles. The number of aromatic nitrogens is 3. The Kier molecular flexibility index (Phi) is 8.96. The van der Waals surface area contributed by atoms with Crippen molar-refractivity contribution >= 4 is 45.5 Å². The van der Waals surface area contributed by atoms with E-state index >= 15 is 0 Å². The van der Waals surface area contributed by atoms with Crippen LogP contribution in [0.25, 0.3) is 11.4 Å². The third kappa shape index (κ3) is 5.62. The molecule has 0 bridgehead atoms. The van der Waals surface area contributed by atoms with E-state index in [1.165, 1.54) is 11.0 Å². The highest BCUT2D eigenvalue weighted by atomic mass is 32.1. The maximum absolute atomic E-state index is 13.7. The van der Waals surface area contributed by atoms with E-state index in [9.17, 15) is 19.5 Å². The fourth-order valence-electron chi connectivity index (χ4n) is 5.18. The predicted octanol–water partition coefficient (Wildman–Crippen LogP) is 6.25. The monoisotopic (exact) mass is 614 g/mol. The van der Waals surface area contributed by atoms with Crippen LogP contribution in [0.2, 0.25) is 0 Å². The van der Waals surface area contributed by atoms with Crippen molar-refractivity contribution in [3.63, 3.8) is 0 Å². The Morgan fingerprint density at radius 1 is 1.11 bits per heavy atom.